The van der Waals surface area contributed by atoms with E-state index in [0.29, 0.717) is 18.3 Å². The first-order valence-corrected chi connectivity index (χ1v) is 14.6. The molecule has 1 aliphatic heterocycles. The van der Waals surface area contributed by atoms with Gasteiger partial charge in [-0.2, -0.15) is 0 Å². The third-order valence-corrected chi connectivity index (χ3v) is 7.04. The lowest BCUT2D eigenvalue weighted by Gasteiger charge is -2.22. The van der Waals surface area contributed by atoms with Gasteiger partial charge in [0.1, 0.15) is 5.78 Å². The van der Waals surface area contributed by atoms with E-state index in [1.54, 1.807) is 0 Å². The van der Waals surface area contributed by atoms with E-state index in [0.717, 1.165) is 55.7 Å². The number of ether oxygens (including phenoxy) is 2. The molecule has 1 aliphatic rings. The molecule has 1 fully saturated rings. The molecule has 0 saturated carbocycles. The van der Waals surface area contributed by atoms with Crippen molar-refractivity contribution in [3.63, 3.8) is 0 Å². The van der Waals surface area contributed by atoms with Gasteiger partial charge in [-0.05, 0) is 55.1 Å². The molecule has 0 radical (unpaired) electrons. The molecule has 204 valence electrons. The lowest BCUT2D eigenvalue weighted by atomic mass is 9.92. The van der Waals surface area contributed by atoms with Crippen molar-refractivity contribution in [1.82, 2.24) is 0 Å². The Hall–Kier alpha value is -1.72. The van der Waals surface area contributed by atoms with Crippen LogP contribution < -0.4 is 5.32 Å². The fourth-order valence-corrected chi connectivity index (χ4v) is 4.87. The fourth-order valence-electron chi connectivity index (χ4n) is 4.87. The quantitative estimate of drug-likeness (QED) is 0.162. The number of para-hydroxylation sites is 1. The van der Waals surface area contributed by atoms with Crippen LogP contribution in [-0.2, 0) is 19.1 Å². The second-order valence-corrected chi connectivity index (χ2v) is 11.0. The Morgan fingerprint density at radius 1 is 0.889 bits per heavy atom. The number of hydrogen-bond donors (Lipinski definition) is 1. The first kappa shape index (κ1) is 30.5. The van der Waals surface area contributed by atoms with Gasteiger partial charge in [-0.15, -0.1) is 0 Å². The number of unbranched alkanes of at least 4 members (excludes halogenated alkanes) is 8. The van der Waals surface area contributed by atoms with Gasteiger partial charge in [-0.1, -0.05) is 90.8 Å². The van der Waals surface area contributed by atoms with Crippen molar-refractivity contribution in [3.8, 4) is 0 Å². The molecule has 0 bridgehead atoms. The maximum absolute atomic E-state index is 12.6. The van der Waals surface area contributed by atoms with Gasteiger partial charge < -0.3 is 14.8 Å². The molecule has 1 N–H and O–H groups in total. The predicted molar refractivity (Wildman–Crippen MR) is 149 cm³/mol. The van der Waals surface area contributed by atoms with Crippen LogP contribution in [0.25, 0.3) is 0 Å². The number of carbonyl (C=O) groups excluding carboxylic acids is 2. The standard InChI is InChI=1S/C31H51NO4/c1-24(2)27-18-16-19-28(25(3)4)31(27)32-29(34)23-26(33)17-12-10-8-6-5-7-9-11-14-21-35-30-20-13-15-22-36-30/h16,18-19,24-25,30H,5-15,17,20-23H2,1-4H3,(H,32,34). The zero-order valence-corrected chi connectivity index (χ0v) is 23.4. The first-order chi connectivity index (χ1) is 17.4. The third-order valence-electron chi connectivity index (χ3n) is 7.04. The highest BCUT2D eigenvalue weighted by Gasteiger charge is 2.17. The van der Waals surface area contributed by atoms with Gasteiger partial charge in [0.25, 0.3) is 0 Å². The average molecular weight is 502 g/mol. The topological polar surface area (TPSA) is 64.6 Å². The number of amides is 1. The van der Waals surface area contributed by atoms with Crippen LogP contribution >= 0.6 is 0 Å². The second-order valence-electron chi connectivity index (χ2n) is 11.0. The molecular formula is C31H51NO4. The molecule has 0 aliphatic carbocycles. The van der Waals surface area contributed by atoms with Crippen LogP contribution in [-0.4, -0.2) is 31.2 Å². The number of anilines is 1. The summed E-state index contributed by atoms with van der Waals surface area (Å²) in [5.41, 5.74) is 3.15. The number of benzene rings is 1. The fraction of sp³-hybridized carbons (Fsp3) is 0.742. The highest BCUT2D eigenvalue weighted by atomic mass is 16.7. The first-order valence-electron chi connectivity index (χ1n) is 14.6. The molecular weight excluding hydrogens is 450 g/mol. The molecule has 5 heteroatoms. The summed E-state index contributed by atoms with van der Waals surface area (Å²) in [5, 5.41) is 3.06. The van der Waals surface area contributed by atoms with Gasteiger partial charge in [0.05, 0.1) is 6.42 Å². The van der Waals surface area contributed by atoms with E-state index in [9.17, 15) is 9.59 Å². The summed E-state index contributed by atoms with van der Waals surface area (Å²) in [6.07, 6.45) is 14.4. The van der Waals surface area contributed by atoms with Crippen LogP contribution in [0.4, 0.5) is 5.69 Å². The van der Waals surface area contributed by atoms with Crippen LogP contribution in [0.15, 0.2) is 18.2 Å². The summed E-state index contributed by atoms with van der Waals surface area (Å²) in [5.74, 6) is 0.475. The van der Waals surface area contributed by atoms with Crippen molar-refractivity contribution in [2.24, 2.45) is 0 Å². The molecule has 1 heterocycles. The Morgan fingerprint density at radius 3 is 2.03 bits per heavy atom. The molecule has 1 aromatic rings. The number of rotatable bonds is 18. The Balaban J connectivity index is 1.50. The summed E-state index contributed by atoms with van der Waals surface area (Å²) in [6.45, 7) is 10.2. The minimum absolute atomic E-state index is 0.0272. The van der Waals surface area contributed by atoms with E-state index < -0.39 is 0 Å². The highest BCUT2D eigenvalue weighted by molar-refractivity contribution is 6.05. The molecule has 5 nitrogen and oxygen atoms in total. The smallest absolute Gasteiger partial charge is 0.231 e. The van der Waals surface area contributed by atoms with Crippen molar-refractivity contribution < 1.29 is 19.1 Å². The molecule has 1 saturated heterocycles. The third kappa shape index (κ3) is 12.0. The second kappa shape index (κ2) is 17.7. The molecule has 36 heavy (non-hydrogen) atoms. The van der Waals surface area contributed by atoms with Crippen molar-refractivity contribution in [1.29, 1.82) is 0 Å². The Bertz CT molecular complexity index is 742. The summed E-state index contributed by atoms with van der Waals surface area (Å²) in [4.78, 5) is 25.0. The summed E-state index contributed by atoms with van der Waals surface area (Å²) < 4.78 is 11.4. The molecule has 1 atom stereocenters. The molecule has 1 unspecified atom stereocenters. The summed E-state index contributed by atoms with van der Waals surface area (Å²) in [6, 6.07) is 6.18. The molecule has 1 amide bonds. The Morgan fingerprint density at radius 2 is 1.47 bits per heavy atom. The largest absolute Gasteiger partial charge is 0.353 e. The monoisotopic (exact) mass is 501 g/mol. The zero-order chi connectivity index (χ0) is 26.2. The van der Waals surface area contributed by atoms with E-state index in [4.69, 9.17) is 9.47 Å². The van der Waals surface area contributed by atoms with Crippen molar-refractivity contribution >= 4 is 17.4 Å². The highest BCUT2D eigenvalue weighted by Crippen LogP contribution is 2.32. The van der Waals surface area contributed by atoms with Crippen molar-refractivity contribution in [2.45, 2.75) is 136 Å². The number of nitrogens with one attached hydrogen (secondary N) is 1. The minimum Gasteiger partial charge on any atom is -0.353 e. The predicted octanol–water partition coefficient (Wildman–Crippen LogP) is 8.28. The van der Waals surface area contributed by atoms with Crippen LogP contribution in [0.2, 0.25) is 0 Å². The van der Waals surface area contributed by atoms with Gasteiger partial charge in [-0.3, -0.25) is 9.59 Å². The van der Waals surface area contributed by atoms with Crippen LogP contribution in [0.5, 0.6) is 0 Å². The number of carbonyl (C=O) groups is 2. The maximum Gasteiger partial charge on any atom is 0.231 e. The summed E-state index contributed by atoms with van der Waals surface area (Å²) in [7, 11) is 0. The van der Waals surface area contributed by atoms with Crippen LogP contribution in [0.3, 0.4) is 0 Å². The Labute approximate surface area is 220 Å². The minimum atomic E-state index is -0.188. The van der Waals surface area contributed by atoms with Gasteiger partial charge >= 0.3 is 0 Å². The van der Waals surface area contributed by atoms with Gasteiger partial charge in [0, 0.05) is 25.3 Å². The lowest BCUT2D eigenvalue weighted by molar-refractivity contribution is -0.162. The van der Waals surface area contributed by atoms with E-state index in [2.05, 4.69) is 51.2 Å². The Kier molecular flexibility index (Phi) is 15.0. The number of ketones is 1. The SMILES string of the molecule is CC(C)c1cccc(C(C)C)c1NC(=O)CC(=O)CCCCCCCCCCCOC1CCCCO1. The average Bonchev–Trinajstić information content (AvgIpc) is 2.85. The van der Waals surface area contributed by atoms with Crippen LogP contribution in [0, 0.1) is 0 Å². The molecule has 0 spiro atoms. The summed E-state index contributed by atoms with van der Waals surface area (Å²) >= 11 is 0. The normalized spacial score (nSPS) is 16.0. The van der Waals surface area contributed by atoms with Crippen molar-refractivity contribution in [3.05, 3.63) is 29.3 Å². The maximum atomic E-state index is 12.6. The van der Waals surface area contributed by atoms with Gasteiger partial charge in [0.2, 0.25) is 5.91 Å². The van der Waals surface area contributed by atoms with Gasteiger partial charge in [-0.25, -0.2) is 0 Å². The van der Waals surface area contributed by atoms with Gasteiger partial charge in [0.15, 0.2) is 6.29 Å². The van der Waals surface area contributed by atoms with E-state index in [-0.39, 0.29) is 24.4 Å². The van der Waals surface area contributed by atoms with E-state index in [1.807, 2.05) is 0 Å². The number of hydrogen-bond acceptors (Lipinski definition) is 4. The zero-order valence-electron chi connectivity index (χ0n) is 23.4. The van der Waals surface area contributed by atoms with Crippen LogP contribution in [0.1, 0.15) is 141 Å². The van der Waals surface area contributed by atoms with E-state index in [1.165, 1.54) is 51.4 Å². The van der Waals surface area contributed by atoms with Crippen molar-refractivity contribution in [2.75, 3.05) is 18.5 Å². The lowest BCUT2D eigenvalue weighted by Crippen LogP contribution is -2.22. The number of Topliss-reactive ketones (excluding diaryl/α,β-unsaturated/α-hetero) is 1. The molecule has 0 aromatic heterocycles. The molecule has 2 rings (SSSR count). The van der Waals surface area contributed by atoms with E-state index >= 15 is 0 Å². The molecule has 1 aromatic carbocycles.